The zero-order chi connectivity index (χ0) is 14.9. The van der Waals surface area contributed by atoms with Gasteiger partial charge in [-0.3, -0.25) is 0 Å². The van der Waals surface area contributed by atoms with E-state index in [-0.39, 0.29) is 6.61 Å². The maximum Gasteiger partial charge on any atom is 0.115 e. The lowest BCUT2D eigenvalue weighted by Crippen LogP contribution is -2.33. The molecule has 4 nitrogen and oxygen atoms in total. The molecular weight excluding hydrogens is 266 g/mol. The number of hydrogen-bond donors (Lipinski definition) is 3. The van der Waals surface area contributed by atoms with Gasteiger partial charge in [-0.1, -0.05) is 12.1 Å². The smallest absolute Gasteiger partial charge is 0.115 e. The molecule has 0 radical (unpaired) electrons. The summed E-state index contributed by atoms with van der Waals surface area (Å²) < 4.78 is 5.25. The molecule has 0 aromatic heterocycles. The van der Waals surface area contributed by atoms with Crippen molar-refractivity contribution in [1.29, 1.82) is 0 Å². The Hall–Kier alpha value is -1.10. The molecule has 0 unspecified atom stereocenters. The Morgan fingerprint density at radius 3 is 2.43 bits per heavy atom. The lowest BCUT2D eigenvalue weighted by Gasteiger charge is -2.29. The van der Waals surface area contributed by atoms with Gasteiger partial charge in [-0.2, -0.15) is 0 Å². The largest absolute Gasteiger partial charge is 0.508 e. The molecule has 1 saturated carbocycles. The number of hydrogen-bond acceptors (Lipinski definition) is 4. The fraction of sp³-hybridized carbons (Fsp3) is 0.647. The predicted octanol–water partition coefficient (Wildman–Crippen LogP) is 2.41. The topological polar surface area (TPSA) is 61.7 Å². The van der Waals surface area contributed by atoms with Crippen LogP contribution in [0.25, 0.3) is 0 Å². The molecule has 1 aliphatic carbocycles. The molecule has 0 bridgehead atoms. The van der Waals surface area contributed by atoms with Crippen LogP contribution >= 0.6 is 0 Å². The SMILES string of the molecule is OCCOCCCNC1CCC(c2ccc(O)cc2)CC1. The summed E-state index contributed by atoms with van der Waals surface area (Å²) in [5.74, 6) is 0.981. The molecule has 0 heterocycles. The molecule has 4 heteroatoms. The summed E-state index contributed by atoms with van der Waals surface area (Å²) in [5.41, 5.74) is 1.35. The molecule has 1 aliphatic rings. The van der Waals surface area contributed by atoms with Crippen LogP contribution in [0.15, 0.2) is 24.3 Å². The zero-order valence-electron chi connectivity index (χ0n) is 12.6. The second-order valence-corrected chi connectivity index (χ2v) is 5.78. The average Bonchev–Trinajstić information content (AvgIpc) is 2.52. The minimum atomic E-state index is 0.106. The number of ether oxygens (including phenoxy) is 1. The van der Waals surface area contributed by atoms with Gasteiger partial charge in [0.15, 0.2) is 0 Å². The van der Waals surface area contributed by atoms with Crippen molar-refractivity contribution in [2.24, 2.45) is 0 Å². The summed E-state index contributed by atoms with van der Waals surface area (Å²) in [6.45, 7) is 2.25. The number of rotatable bonds is 8. The van der Waals surface area contributed by atoms with Gasteiger partial charge in [0.1, 0.15) is 5.75 Å². The molecule has 0 saturated heterocycles. The molecule has 0 aliphatic heterocycles. The van der Waals surface area contributed by atoms with Crippen LogP contribution in [0.5, 0.6) is 5.75 Å². The van der Waals surface area contributed by atoms with Crippen LogP contribution in [-0.4, -0.2) is 42.6 Å². The van der Waals surface area contributed by atoms with Gasteiger partial charge < -0.3 is 20.3 Å². The maximum atomic E-state index is 9.34. The number of phenols is 1. The molecular formula is C17H27NO3. The Morgan fingerprint density at radius 1 is 1.05 bits per heavy atom. The van der Waals surface area contributed by atoms with Crippen LogP contribution in [-0.2, 0) is 4.74 Å². The Labute approximate surface area is 127 Å². The average molecular weight is 293 g/mol. The molecule has 1 aromatic rings. The Bertz CT molecular complexity index is 386. The first-order chi connectivity index (χ1) is 10.3. The van der Waals surface area contributed by atoms with Crippen LogP contribution in [0.3, 0.4) is 0 Å². The van der Waals surface area contributed by atoms with E-state index in [0.29, 0.717) is 24.3 Å². The van der Waals surface area contributed by atoms with Crippen LogP contribution in [0.4, 0.5) is 0 Å². The first kappa shape index (κ1) is 16.3. The zero-order valence-corrected chi connectivity index (χ0v) is 12.6. The lowest BCUT2D eigenvalue weighted by molar-refractivity contribution is 0.0901. The van der Waals surface area contributed by atoms with Crippen molar-refractivity contribution in [3.63, 3.8) is 0 Å². The van der Waals surface area contributed by atoms with E-state index in [4.69, 9.17) is 9.84 Å². The third kappa shape index (κ3) is 5.65. The highest BCUT2D eigenvalue weighted by Gasteiger charge is 2.21. The first-order valence-corrected chi connectivity index (χ1v) is 8.00. The van der Waals surface area contributed by atoms with Gasteiger partial charge in [0.25, 0.3) is 0 Å². The number of aliphatic hydroxyl groups is 1. The summed E-state index contributed by atoms with van der Waals surface area (Å²) in [7, 11) is 0. The van der Waals surface area contributed by atoms with Crippen molar-refractivity contribution >= 4 is 0 Å². The number of aromatic hydroxyl groups is 1. The van der Waals surface area contributed by atoms with E-state index < -0.39 is 0 Å². The standard InChI is InChI=1S/C17H27NO3/c19-11-13-21-12-1-10-18-16-6-2-14(3-7-16)15-4-8-17(20)9-5-15/h4-5,8-9,14,16,18-20H,1-3,6-7,10-13H2. The molecule has 0 amide bonds. The van der Waals surface area contributed by atoms with E-state index in [1.165, 1.54) is 31.2 Å². The van der Waals surface area contributed by atoms with Crippen LogP contribution < -0.4 is 5.32 Å². The van der Waals surface area contributed by atoms with Crippen molar-refractivity contribution in [3.05, 3.63) is 29.8 Å². The van der Waals surface area contributed by atoms with Gasteiger partial charge >= 0.3 is 0 Å². The van der Waals surface area contributed by atoms with E-state index in [1.807, 2.05) is 12.1 Å². The Morgan fingerprint density at radius 2 is 1.76 bits per heavy atom. The van der Waals surface area contributed by atoms with Crippen molar-refractivity contribution < 1.29 is 14.9 Å². The van der Waals surface area contributed by atoms with Crippen molar-refractivity contribution in [2.75, 3.05) is 26.4 Å². The van der Waals surface area contributed by atoms with E-state index in [1.54, 1.807) is 12.1 Å². The van der Waals surface area contributed by atoms with Gasteiger partial charge in [-0.25, -0.2) is 0 Å². The molecule has 118 valence electrons. The van der Waals surface area contributed by atoms with E-state index in [0.717, 1.165) is 19.6 Å². The fourth-order valence-corrected chi connectivity index (χ4v) is 3.02. The fourth-order valence-electron chi connectivity index (χ4n) is 3.02. The van der Waals surface area contributed by atoms with Crippen molar-refractivity contribution in [2.45, 2.75) is 44.1 Å². The number of phenolic OH excluding ortho intramolecular Hbond substituents is 1. The number of benzene rings is 1. The minimum absolute atomic E-state index is 0.106. The molecule has 3 N–H and O–H groups in total. The lowest BCUT2D eigenvalue weighted by atomic mass is 9.82. The van der Waals surface area contributed by atoms with Gasteiger partial charge in [-0.05, 0) is 62.3 Å². The highest BCUT2D eigenvalue weighted by atomic mass is 16.5. The van der Waals surface area contributed by atoms with Gasteiger partial charge in [-0.15, -0.1) is 0 Å². The van der Waals surface area contributed by atoms with Gasteiger partial charge in [0.05, 0.1) is 13.2 Å². The second-order valence-electron chi connectivity index (χ2n) is 5.78. The van der Waals surface area contributed by atoms with E-state index in [2.05, 4.69) is 5.32 Å². The highest BCUT2D eigenvalue weighted by molar-refractivity contribution is 5.28. The number of nitrogens with one attached hydrogen (secondary N) is 1. The third-order valence-electron chi connectivity index (χ3n) is 4.23. The van der Waals surface area contributed by atoms with Crippen molar-refractivity contribution in [3.8, 4) is 5.75 Å². The summed E-state index contributed by atoms with van der Waals surface area (Å²) in [6, 6.07) is 8.28. The van der Waals surface area contributed by atoms with Crippen LogP contribution in [0, 0.1) is 0 Å². The first-order valence-electron chi connectivity index (χ1n) is 8.00. The minimum Gasteiger partial charge on any atom is -0.508 e. The Kier molecular flexibility index (Phi) is 7.00. The molecule has 1 aromatic carbocycles. The van der Waals surface area contributed by atoms with Gasteiger partial charge in [0.2, 0.25) is 0 Å². The third-order valence-corrected chi connectivity index (χ3v) is 4.23. The Balaban J connectivity index is 1.61. The monoisotopic (exact) mass is 293 g/mol. The van der Waals surface area contributed by atoms with Crippen LogP contribution in [0.2, 0.25) is 0 Å². The second kappa shape index (κ2) is 9.03. The van der Waals surface area contributed by atoms with Crippen molar-refractivity contribution in [1.82, 2.24) is 5.32 Å². The quantitative estimate of drug-likeness (QED) is 0.644. The number of aliphatic hydroxyl groups excluding tert-OH is 1. The predicted molar refractivity (Wildman–Crippen MR) is 83.6 cm³/mol. The molecule has 0 atom stereocenters. The van der Waals surface area contributed by atoms with Crippen LogP contribution in [0.1, 0.15) is 43.6 Å². The highest BCUT2D eigenvalue weighted by Crippen LogP contribution is 2.33. The summed E-state index contributed by atoms with van der Waals surface area (Å²) in [4.78, 5) is 0. The summed E-state index contributed by atoms with van der Waals surface area (Å²) in [5, 5.41) is 21.5. The van der Waals surface area contributed by atoms with E-state index in [9.17, 15) is 5.11 Å². The molecule has 2 rings (SSSR count). The van der Waals surface area contributed by atoms with E-state index >= 15 is 0 Å². The molecule has 0 spiro atoms. The molecule has 21 heavy (non-hydrogen) atoms. The normalized spacial score (nSPS) is 22.3. The summed E-state index contributed by atoms with van der Waals surface area (Å²) >= 11 is 0. The molecule has 1 fully saturated rings. The maximum absolute atomic E-state index is 9.34. The summed E-state index contributed by atoms with van der Waals surface area (Å²) in [6.07, 6.45) is 5.84. The van der Waals surface area contributed by atoms with Gasteiger partial charge in [0, 0.05) is 12.6 Å².